The third kappa shape index (κ3) is 2.14. The zero-order valence-corrected chi connectivity index (χ0v) is 11.3. The smallest absolute Gasteiger partial charge is 0.207 e. The highest BCUT2D eigenvalue weighted by Crippen LogP contribution is 2.29. The van der Waals surface area contributed by atoms with Gasteiger partial charge in [-0.3, -0.25) is 0 Å². The Balaban J connectivity index is 2.34. The van der Waals surface area contributed by atoms with Crippen LogP contribution in [0.3, 0.4) is 0 Å². The molecule has 1 heterocycles. The molecule has 0 radical (unpaired) electrons. The second-order valence-corrected chi connectivity index (χ2v) is 6.65. The minimum Gasteiger partial charge on any atom is -0.207 e. The van der Waals surface area contributed by atoms with Crippen LogP contribution in [0.1, 0.15) is 25.8 Å². The van der Waals surface area contributed by atoms with E-state index in [1.165, 1.54) is 24.3 Å². The number of benzene rings is 1. The summed E-state index contributed by atoms with van der Waals surface area (Å²) in [4.78, 5) is 0.266. The average Bonchev–Trinajstić information content (AvgIpc) is 2.70. The van der Waals surface area contributed by atoms with Crippen LogP contribution in [-0.2, 0) is 10.0 Å². The lowest BCUT2D eigenvalue weighted by atomic mass is 10.1. The van der Waals surface area contributed by atoms with Crippen molar-refractivity contribution in [3.05, 3.63) is 29.8 Å². The maximum atomic E-state index is 12.4. The van der Waals surface area contributed by atoms with Gasteiger partial charge >= 0.3 is 0 Å². The van der Waals surface area contributed by atoms with E-state index >= 15 is 0 Å². The molecule has 5 heteroatoms. The quantitative estimate of drug-likeness (QED) is 0.820. The predicted octanol–water partition coefficient (Wildman–Crippen LogP) is 1.98. The highest BCUT2D eigenvalue weighted by atomic mass is 32.2. The fraction of sp³-hybridized carbons (Fsp3) is 0.462. The maximum absolute atomic E-state index is 12.4. The van der Waals surface area contributed by atoms with Gasteiger partial charge in [0.25, 0.3) is 0 Å². The van der Waals surface area contributed by atoms with Gasteiger partial charge in [0, 0.05) is 12.6 Å². The molecule has 1 aromatic rings. The van der Waals surface area contributed by atoms with Crippen LogP contribution in [-0.4, -0.2) is 25.3 Å². The van der Waals surface area contributed by atoms with E-state index in [-0.39, 0.29) is 10.9 Å². The Morgan fingerprint density at radius 3 is 2.33 bits per heavy atom. The summed E-state index contributed by atoms with van der Waals surface area (Å²) >= 11 is 0. The molecule has 1 saturated heterocycles. The van der Waals surface area contributed by atoms with Gasteiger partial charge in [0.15, 0.2) is 0 Å². The molecule has 0 spiro atoms. The first-order valence-electron chi connectivity index (χ1n) is 5.99. The Labute approximate surface area is 108 Å². The fourth-order valence-corrected chi connectivity index (χ4v) is 3.98. The highest BCUT2D eigenvalue weighted by molar-refractivity contribution is 7.89. The average molecular weight is 264 g/mol. The summed E-state index contributed by atoms with van der Waals surface area (Å²) in [6.07, 6.45) is 0.899. The van der Waals surface area contributed by atoms with E-state index in [1.54, 1.807) is 4.31 Å². The Hall–Kier alpha value is -1.38. The Bertz CT molecular complexity index is 572. The number of hydrogen-bond donors (Lipinski definition) is 0. The molecule has 1 fully saturated rings. The first-order chi connectivity index (χ1) is 8.46. The van der Waals surface area contributed by atoms with E-state index in [4.69, 9.17) is 5.26 Å². The van der Waals surface area contributed by atoms with E-state index in [1.807, 2.05) is 13.0 Å². The third-order valence-corrected chi connectivity index (χ3v) is 5.67. The van der Waals surface area contributed by atoms with E-state index in [0.717, 1.165) is 6.42 Å². The lowest BCUT2D eigenvalue weighted by Gasteiger charge is -2.22. The molecule has 1 aliphatic heterocycles. The number of nitriles is 1. The second-order valence-electron chi connectivity index (χ2n) is 4.76. The first kappa shape index (κ1) is 13.1. The maximum Gasteiger partial charge on any atom is 0.243 e. The molecular formula is C13H16N2O2S. The van der Waals surface area contributed by atoms with Crippen molar-refractivity contribution >= 4 is 10.0 Å². The van der Waals surface area contributed by atoms with Crippen LogP contribution in [0.15, 0.2) is 29.2 Å². The van der Waals surface area contributed by atoms with Crippen molar-refractivity contribution < 1.29 is 8.42 Å². The summed E-state index contributed by atoms with van der Waals surface area (Å²) in [5.41, 5.74) is 0.469. The second kappa shape index (κ2) is 4.71. The molecule has 2 unspecified atom stereocenters. The van der Waals surface area contributed by atoms with Gasteiger partial charge in [-0.2, -0.15) is 9.57 Å². The molecule has 1 aromatic carbocycles. The molecule has 0 aliphatic carbocycles. The zero-order chi connectivity index (χ0) is 13.3. The molecule has 18 heavy (non-hydrogen) atoms. The number of hydrogen-bond acceptors (Lipinski definition) is 3. The zero-order valence-electron chi connectivity index (χ0n) is 10.5. The molecule has 0 aromatic heterocycles. The summed E-state index contributed by atoms with van der Waals surface area (Å²) in [6, 6.07) is 8.10. The van der Waals surface area contributed by atoms with Crippen LogP contribution >= 0.6 is 0 Å². The van der Waals surface area contributed by atoms with Crippen molar-refractivity contribution in [3.8, 4) is 6.07 Å². The number of rotatable bonds is 2. The SMILES string of the molecule is CC1CCN(S(=O)(=O)c2ccc(C#N)cc2)C1C. The minimum absolute atomic E-state index is 0.0330. The topological polar surface area (TPSA) is 61.2 Å². The molecule has 0 amide bonds. The monoisotopic (exact) mass is 264 g/mol. The molecule has 0 N–H and O–H groups in total. The van der Waals surface area contributed by atoms with Crippen LogP contribution in [0.2, 0.25) is 0 Å². The lowest BCUT2D eigenvalue weighted by molar-refractivity contribution is 0.371. The van der Waals surface area contributed by atoms with Crippen molar-refractivity contribution in [2.45, 2.75) is 31.2 Å². The third-order valence-electron chi connectivity index (χ3n) is 3.67. The molecule has 2 atom stereocenters. The summed E-state index contributed by atoms with van der Waals surface area (Å²) in [7, 11) is -3.42. The van der Waals surface area contributed by atoms with Gasteiger partial charge in [-0.25, -0.2) is 8.42 Å². The lowest BCUT2D eigenvalue weighted by Crippen LogP contribution is -2.35. The summed E-state index contributed by atoms with van der Waals surface area (Å²) in [5, 5.41) is 8.71. The van der Waals surface area contributed by atoms with E-state index in [2.05, 4.69) is 6.92 Å². The molecule has 4 nitrogen and oxygen atoms in total. The molecule has 1 aliphatic rings. The van der Waals surface area contributed by atoms with Gasteiger partial charge < -0.3 is 0 Å². The van der Waals surface area contributed by atoms with Crippen molar-refractivity contribution in [1.82, 2.24) is 4.31 Å². The summed E-state index contributed by atoms with van der Waals surface area (Å²) in [6.45, 7) is 4.59. The van der Waals surface area contributed by atoms with Gasteiger partial charge in [-0.15, -0.1) is 0 Å². The molecular weight excluding hydrogens is 248 g/mol. The van der Waals surface area contributed by atoms with E-state index in [9.17, 15) is 8.42 Å². The summed E-state index contributed by atoms with van der Waals surface area (Å²) in [5.74, 6) is 0.387. The predicted molar refractivity (Wildman–Crippen MR) is 68.3 cm³/mol. The van der Waals surface area contributed by atoms with Crippen LogP contribution in [0.4, 0.5) is 0 Å². The Kier molecular flexibility index (Phi) is 3.42. The van der Waals surface area contributed by atoms with Crippen LogP contribution in [0.25, 0.3) is 0 Å². The van der Waals surface area contributed by atoms with Crippen molar-refractivity contribution in [2.24, 2.45) is 5.92 Å². The fourth-order valence-electron chi connectivity index (χ4n) is 2.24. The standard InChI is InChI=1S/C13H16N2O2S/c1-10-7-8-15(11(10)2)18(16,17)13-5-3-12(9-14)4-6-13/h3-6,10-11H,7-8H2,1-2H3. The highest BCUT2D eigenvalue weighted by Gasteiger charge is 2.36. The van der Waals surface area contributed by atoms with Crippen molar-refractivity contribution in [1.29, 1.82) is 5.26 Å². The normalized spacial score (nSPS) is 24.9. The Morgan fingerprint density at radius 2 is 1.89 bits per heavy atom. The van der Waals surface area contributed by atoms with Gasteiger partial charge in [-0.1, -0.05) is 6.92 Å². The van der Waals surface area contributed by atoms with Crippen molar-refractivity contribution in [3.63, 3.8) is 0 Å². The van der Waals surface area contributed by atoms with Gasteiger partial charge in [-0.05, 0) is 43.5 Å². The van der Waals surface area contributed by atoms with Gasteiger partial charge in [0.05, 0.1) is 16.5 Å². The number of nitrogens with zero attached hydrogens (tertiary/aromatic N) is 2. The minimum atomic E-state index is -3.42. The molecule has 0 saturated carbocycles. The van der Waals surface area contributed by atoms with Crippen molar-refractivity contribution in [2.75, 3.05) is 6.54 Å². The first-order valence-corrected chi connectivity index (χ1v) is 7.43. The van der Waals surface area contributed by atoms with E-state index < -0.39 is 10.0 Å². The molecule has 2 rings (SSSR count). The van der Waals surface area contributed by atoms with Gasteiger partial charge in [0.1, 0.15) is 0 Å². The molecule has 0 bridgehead atoms. The largest absolute Gasteiger partial charge is 0.243 e. The summed E-state index contributed by atoms with van der Waals surface area (Å²) < 4.78 is 26.4. The van der Waals surface area contributed by atoms with Crippen LogP contribution in [0.5, 0.6) is 0 Å². The van der Waals surface area contributed by atoms with Gasteiger partial charge in [0.2, 0.25) is 10.0 Å². The Morgan fingerprint density at radius 1 is 1.28 bits per heavy atom. The number of sulfonamides is 1. The molecule has 96 valence electrons. The van der Waals surface area contributed by atoms with E-state index in [0.29, 0.717) is 18.0 Å². The van der Waals surface area contributed by atoms with Crippen LogP contribution < -0.4 is 0 Å². The van der Waals surface area contributed by atoms with Crippen LogP contribution in [0, 0.1) is 17.2 Å².